The third-order valence-corrected chi connectivity index (χ3v) is 3.17. The molecular weight excluding hydrogens is 242 g/mol. The van der Waals surface area contributed by atoms with Gasteiger partial charge in [-0.05, 0) is 6.07 Å². The second-order valence-electron chi connectivity index (χ2n) is 4.09. The van der Waals surface area contributed by atoms with Crippen LogP contribution in [-0.4, -0.2) is 65.1 Å². The second-order valence-corrected chi connectivity index (χ2v) is 4.53. The zero-order valence-corrected chi connectivity index (χ0v) is 10.3. The maximum absolute atomic E-state index is 12.0. The van der Waals surface area contributed by atoms with Gasteiger partial charge in [-0.3, -0.25) is 9.69 Å². The van der Waals surface area contributed by atoms with Gasteiger partial charge >= 0.3 is 0 Å². The van der Waals surface area contributed by atoms with E-state index in [2.05, 4.69) is 9.88 Å². The Kier molecular flexibility index (Phi) is 4.04. The number of H-pyrrole nitrogens is 1. The number of piperazine rings is 1. The summed E-state index contributed by atoms with van der Waals surface area (Å²) in [6, 6.07) is 1.64. The predicted octanol–water partition coefficient (Wildman–Crippen LogP) is 0.418. The van der Waals surface area contributed by atoms with Crippen LogP contribution in [0.1, 0.15) is 10.5 Å². The van der Waals surface area contributed by atoms with Crippen molar-refractivity contribution in [2.75, 3.05) is 39.3 Å². The monoisotopic (exact) mass is 257 g/mol. The highest BCUT2D eigenvalue weighted by Crippen LogP contribution is 2.12. The van der Waals surface area contributed by atoms with Crippen molar-refractivity contribution >= 4 is 17.5 Å². The van der Waals surface area contributed by atoms with Crippen molar-refractivity contribution in [3.63, 3.8) is 0 Å². The van der Waals surface area contributed by atoms with E-state index in [1.165, 1.54) is 0 Å². The number of β-amino-alcohol motifs (C(OH)–C–C–N with tert-alkyl or cyclic N) is 1. The average molecular weight is 258 g/mol. The number of rotatable bonds is 3. The summed E-state index contributed by atoms with van der Waals surface area (Å²) < 4.78 is 0. The van der Waals surface area contributed by atoms with Crippen molar-refractivity contribution in [1.29, 1.82) is 0 Å². The Bertz CT molecular complexity index is 386. The van der Waals surface area contributed by atoms with Crippen LogP contribution in [0.2, 0.25) is 5.02 Å². The van der Waals surface area contributed by atoms with Gasteiger partial charge in [-0.1, -0.05) is 11.6 Å². The van der Waals surface area contributed by atoms with E-state index in [4.69, 9.17) is 16.7 Å². The van der Waals surface area contributed by atoms with Gasteiger partial charge in [0, 0.05) is 38.9 Å². The van der Waals surface area contributed by atoms with E-state index < -0.39 is 0 Å². The minimum absolute atomic E-state index is 0.0134. The summed E-state index contributed by atoms with van der Waals surface area (Å²) in [6.45, 7) is 3.84. The smallest absolute Gasteiger partial charge is 0.270 e. The molecule has 1 amide bonds. The van der Waals surface area contributed by atoms with E-state index >= 15 is 0 Å². The maximum atomic E-state index is 12.0. The van der Waals surface area contributed by atoms with Gasteiger partial charge in [0.15, 0.2) is 0 Å². The topological polar surface area (TPSA) is 59.6 Å². The van der Waals surface area contributed by atoms with Crippen LogP contribution in [0.3, 0.4) is 0 Å². The third kappa shape index (κ3) is 3.00. The summed E-state index contributed by atoms with van der Waals surface area (Å²) in [4.78, 5) is 18.9. The number of amides is 1. The molecule has 1 aromatic heterocycles. The number of carbonyl (C=O) groups excluding carboxylic acids is 1. The Labute approximate surface area is 105 Å². The van der Waals surface area contributed by atoms with Gasteiger partial charge in [0.2, 0.25) is 0 Å². The third-order valence-electron chi connectivity index (χ3n) is 2.95. The number of aliphatic hydroxyl groups excluding tert-OH is 1. The van der Waals surface area contributed by atoms with Crippen molar-refractivity contribution in [3.05, 3.63) is 23.0 Å². The molecule has 0 radical (unpaired) electrons. The van der Waals surface area contributed by atoms with Gasteiger partial charge in [-0.2, -0.15) is 0 Å². The van der Waals surface area contributed by atoms with Crippen molar-refractivity contribution < 1.29 is 9.90 Å². The molecule has 0 bridgehead atoms. The molecule has 0 unspecified atom stereocenters. The fourth-order valence-electron chi connectivity index (χ4n) is 1.98. The van der Waals surface area contributed by atoms with Gasteiger partial charge in [0.25, 0.3) is 5.91 Å². The lowest BCUT2D eigenvalue weighted by Gasteiger charge is -2.34. The van der Waals surface area contributed by atoms with E-state index in [-0.39, 0.29) is 12.5 Å². The highest BCUT2D eigenvalue weighted by Gasteiger charge is 2.22. The molecule has 6 heteroatoms. The number of halogens is 1. The Morgan fingerprint density at radius 2 is 2.12 bits per heavy atom. The summed E-state index contributed by atoms with van der Waals surface area (Å²) in [6.07, 6.45) is 1.61. The lowest BCUT2D eigenvalue weighted by Crippen LogP contribution is -2.49. The molecule has 1 saturated heterocycles. The summed E-state index contributed by atoms with van der Waals surface area (Å²) in [5.74, 6) is -0.0134. The Hall–Kier alpha value is -1.04. The maximum Gasteiger partial charge on any atom is 0.270 e. The number of hydrogen-bond acceptors (Lipinski definition) is 3. The van der Waals surface area contributed by atoms with Crippen LogP contribution in [0.5, 0.6) is 0 Å². The van der Waals surface area contributed by atoms with Crippen LogP contribution < -0.4 is 0 Å². The molecular formula is C11H16ClN3O2. The molecule has 2 rings (SSSR count). The molecule has 2 heterocycles. The molecule has 2 N–H and O–H groups in total. The lowest BCUT2D eigenvalue weighted by atomic mass is 10.3. The molecule has 5 nitrogen and oxygen atoms in total. The van der Waals surface area contributed by atoms with Gasteiger partial charge in [-0.25, -0.2) is 0 Å². The first-order valence-electron chi connectivity index (χ1n) is 5.67. The quantitative estimate of drug-likeness (QED) is 0.825. The number of hydrogen-bond donors (Lipinski definition) is 2. The first-order chi connectivity index (χ1) is 8.20. The Morgan fingerprint density at radius 1 is 1.41 bits per heavy atom. The number of nitrogens with one attached hydrogen (secondary N) is 1. The summed E-state index contributed by atoms with van der Waals surface area (Å²) in [5.41, 5.74) is 0.533. The molecule has 1 aliphatic rings. The zero-order chi connectivity index (χ0) is 12.3. The van der Waals surface area contributed by atoms with Crippen LogP contribution in [0, 0.1) is 0 Å². The first kappa shape index (κ1) is 12.4. The SMILES string of the molecule is O=C(c1cc(Cl)c[nH]1)N1CCN(CCO)CC1. The molecule has 0 saturated carbocycles. The number of aromatic amines is 1. The minimum Gasteiger partial charge on any atom is -0.395 e. The molecule has 0 aliphatic carbocycles. The highest BCUT2D eigenvalue weighted by molar-refractivity contribution is 6.30. The second kappa shape index (κ2) is 5.53. The van der Waals surface area contributed by atoms with E-state index in [0.29, 0.717) is 30.4 Å². The number of carbonyl (C=O) groups is 1. The average Bonchev–Trinajstić information content (AvgIpc) is 2.76. The predicted molar refractivity (Wildman–Crippen MR) is 65.2 cm³/mol. The Morgan fingerprint density at radius 3 is 2.65 bits per heavy atom. The molecule has 94 valence electrons. The zero-order valence-electron chi connectivity index (χ0n) is 9.53. The summed E-state index contributed by atoms with van der Waals surface area (Å²) in [5, 5.41) is 9.38. The van der Waals surface area contributed by atoms with E-state index in [9.17, 15) is 4.79 Å². The van der Waals surface area contributed by atoms with Crippen LogP contribution in [0.15, 0.2) is 12.3 Å². The standard InChI is InChI=1S/C11H16ClN3O2/c12-9-7-10(13-8-9)11(17)15-3-1-14(2-4-15)5-6-16/h7-8,13,16H,1-6H2. The number of nitrogens with zero attached hydrogens (tertiary/aromatic N) is 2. The van der Waals surface area contributed by atoms with Crippen LogP contribution in [-0.2, 0) is 0 Å². The largest absolute Gasteiger partial charge is 0.395 e. The Balaban J connectivity index is 1.90. The molecule has 0 aromatic carbocycles. The van der Waals surface area contributed by atoms with E-state index in [1.807, 2.05) is 0 Å². The number of aromatic nitrogens is 1. The normalized spacial score (nSPS) is 17.4. The van der Waals surface area contributed by atoms with E-state index in [0.717, 1.165) is 13.1 Å². The van der Waals surface area contributed by atoms with Crippen LogP contribution in [0.4, 0.5) is 0 Å². The minimum atomic E-state index is -0.0134. The van der Waals surface area contributed by atoms with Crippen molar-refractivity contribution in [2.24, 2.45) is 0 Å². The molecule has 17 heavy (non-hydrogen) atoms. The molecule has 0 spiro atoms. The van der Waals surface area contributed by atoms with Crippen molar-refractivity contribution in [1.82, 2.24) is 14.8 Å². The van der Waals surface area contributed by atoms with Gasteiger partial charge in [-0.15, -0.1) is 0 Å². The fraction of sp³-hybridized carbons (Fsp3) is 0.545. The molecule has 0 atom stereocenters. The molecule has 1 aromatic rings. The van der Waals surface area contributed by atoms with Gasteiger partial charge in [0.05, 0.1) is 11.6 Å². The molecule has 1 aliphatic heterocycles. The van der Waals surface area contributed by atoms with E-state index in [1.54, 1.807) is 17.2 Å². The van der Waals surface area contributed by atoms with Gasteiger partial charge in [0.1, 0.15) is 5.69 Å². The lowest BCUT2D eigenvalue weighted by molar-refractivity contribution is 0.0610. The summed E-state index contributed by atoms with van der Waals surface area (Å²) in [7, 11) is 0. The van der Waals surface area contributed by atoms with Crippen molar-refractivity contribution in [3.8, 4) is 0 Å². The summed E-state index contributed by atoms with van der Waals surface area (Å²) >= 11 is 5.77. The van der Waals surface area contributed by atoms with Crippen LogP contribution >= 0.6 is 11.6 Å². The molecule has 1 fully saturated rings. The fourth-order valence-corrected chi connectivity index (χ4v) is 2.14. The van der Waals surface area contributed by atoms with Crippen LogP contribution in [0.25, 0.3) is 0 Å². The first-order valence-corrected chi connectivity index (χ1v) is 6.05. The number of aliphatic hydroxyl groups is 1. The van der Waals surface area contributed by atoms with Gasteiger partial charge < -0.3 is 15.0 Å². The van der Waals surface area contributed by atoms with Crippen molar-refractivity contribution in [2.45, 2.75) is 0 Å². The highest BCUT2D eigenvalue weighted by atomic mass is 35.5.